The molecule has 0 saturated carbocycles. The van der Waals surface area contributed by atoms with E-state index in [9.17, 15) is 0 Å². The molecule has 0 fully saturated rings. The first-order valence-electron chi connectivity index (χ1n) is 23.9. The molecule has 0 N–H and O–H groups in total. The molecular weight excluding hydrogens is 817 g/mol. The van der Waals surface area contributed by atoms with Crippen molar-refractivity contribution in [3.05, 3.63) is 288 Å². The zero-order chi connectivity index (χ0) is 45.4. The molecule has 0 heteroatoms. The van der Waals surface area contributed by atoms with E-state index in [4.69, 9.17) is 0 Å². The fourth-order valence-electron chi connectivity index (χ4n) is 12.1. The Hall–Kier alpha value is -8.32. The van der Waals surface area contributed by atoms with E-state index in [2.05, 4.69) is 269 Å². The minimum Gasteiger partial charge on any atom is -0.0622 e. The van der Waals surface area contributed by atoms with Crippen LogP contribution < -0.4 is 0 Å². The molecule has 0 aliphatic heterocycles. The van der Waals surface area contributed by atoms with Crippen molar-refractivity contribution in [2.45, 2.75) is 24.7 Å². The quantitative estimate of drug-likeness (QED) is 0.156. The molecule has 11 aromatic rings. The number of fused-ring (bicyclic) bond motifs is 11. The molecule has 0 unspecified atom stereocenters. The highest BCUT2D eigenvalue weighted by Gasteiger charge is 2.54. The van der Waals surface area contributed by atoms with Gasteiger partial charge in [-0.1, -0.05) is 257 Å². The van der Waals surface area contributed by atoms with E-state index in [1.54, 1.807) is 0 Å². The summed E-state index contributed by atoms with van der Waals surface area (Å²) in [6, 6.07) is 95.1. The summed E-state index contributed by atoms with van der Waals surface area (Å²) in [6.07, 6.45) is 0. The van der Waals surface area contributed by atoms with E-state index in [1.807, 2.05) is 0 Å². The minimum absolute atomic E-state index is 0.198. The molecule has 0 aromatic heterocycles. The molecule has 2 aliphatic carbocycles. The van der Waals surface area contributed by atoms with E-state index in [0.29, 0.717) is 0 Å². The highest BCUT2D eigenvalue weighted by atomic mass is 14.5. The van der Waals surface area contributed by atoms with Crippen LogP contribution in [0.3, 0.4) is 0 Å². The SMILES string of the molecule is CC1(C)c2ccccc2C2(c3cc(-c4ccc(-c5ccccc5-c5ccccc5)cc4)ccc3-c3c2cc(-c2ccc(-c4ccccc4-c4ccccc4)cc2)c2ccccc32)c2ccccc21. The van der Waals surface area contributed by atoms with Crippen LogP contribution in [-0.4, -0.2) is 0 Å². The molecule has 0 atom stereocenters. The van der Waals surface area contributed by atoms with Crippen LogP contribution in [0.1, 0.15) is 47.2 Å². The molecule has 0 radical (unpaired) electrons. The van der Waals surface area contributed by atoms with Gasteiger partial charge in [0.1, 0.15) is 0 Å². The lowest BCUT2D eigenvalue weighted by Crippen LogP contribution is -2.40. The Labute approximate surface area is 399 Å². The fourth-order valence-corrected chi connectivity index (χ4v) is 12.1. The van der Waals surface area contributed by atoms with Crippen LogP contribution in [0.15, 0.2) is 255 Å². The van der Waals surface area contributed by atoms with Gasteiger partial charge in [-0.2, -0.15) is 0 Å². The summed E-state index contributed by atoms with van der Waals surface area (Å²) in [5, 5.41) is 2.55. The molecule has 1 spiro atoms. The maximum Gasteiger partial charge on any atom is 0.0720 e. The summed E-state index contributed by atoms with van der Waals surface area (Å²) in [4.78, 5) is 0. The molecule has 0 heterocycles. The maximum atomic E-state index is 2.56. The summed E-state index contributed by atoms with van der Waals surface area (Å²) in [5.41, 5.74) is 24.7. The first kappa shape index (κ1) is 40.0. The van der Waals surface area contributed by atoms with Crippen molar-refractivity contribution in [1.82, 2.24) is 0 Å². The second kappa shape index (κ2) is 15.7. The van der Waals surface area contributed by atoms with Gasteiger partial charge in [-0.15, -0.1) is 0 Å². The highest BCUT2D eigenvalue weighted by molar-refractivity contribution is 6.10. The Balaban J connectivity index is 1.02. The number of hydrogen-bond acceptors (Lipinski definition) is 0. The second-order valence-electron chi connectivity index (χ2n) is 19.1. The first-order valence-corrected chi connectivity index (χ1v) is 23.9. The summed E-state index contributed by atoms with van der Waals surface area (Å²) in [5.74, 6) is 0. The molecule has 0 saturated heterocycles. The van der Waals surface area contributed by atoms with Crippen LogP contribution in [0.4, 0.5) is 0 Å². The number of rotatable bonds is 6. The molecule has 11 aromatic carbocycles. The smallest absolute Gasteiger partial charge is 0.0622 e. The van der Waals surface area contributed by atoms with Crippen LogP contribution in [-0.2, 0) is 10.8 Å². The lowest BCUT2D eigenvalue weighted by molar-refractivity contribution is 0.563. The van der Waals surface area contributed by atoms with E-state index in [-0.39, 0.29) is 5.41 Å². The van der Waals surface area contributed by atoms with Gasteiger partial charge in [0.2, 0.25) is 0 Å². The van der Waals surface area contributed by atoms with Gasteiger partial charge in [0.25, 0.3) is 0 Å². The van der Waals surface area contributed by atoms with Crippen LogP contribution in [0, 0.1) is 0 Å². The van der Waals surface area contributed by atoms with Crippen LogP contribution in [0.25, 0.3) is 88.7 Å². The van der Waals surface area contributed by atoms with Gasteiger partial charge in [0.05, 0.1) is 5.41 Å². The lowest BCUT2D eigenvalue weighted by atomic mass is 9.55. The monoisotopic (exact) mass is 864 g/mol. The van der Waals surface area contributed by atoms with Crippen molar-refractivity contribution >= 4 is 10.8 Å². The largest absolute Gasteiger partial charge is 0.0720 e. The normalized spacial score (nSPS) is 13.7. The van der Waals surface area contributed by atoms with Crippen LogP contribution >= 0.6 is 0 Å². The van der Waals surface area contributed by atoms with Gasteiger partial charge in [-0.05, 0) is 134 Å². The Morgan fingerprint density at radius 3 is 1.09 bits per heavy atom. The molecule has 13 rings (SSSR count). The second-order valence-corrected chi connectivity index (χ2v) is 19.1. The molecule has 2 aliphatic rings. The third-order valence-electron chi connectivity index (χ3n) is 15.2. The van der Waals surface area contributed by atoms with Crippen LogP contribution in [0.5, 0.6) is 0 Å². The third-order valence-corrected chi connectivity index (χ3v) is 15.2. The zero-order valence-corrected chi connectivity index (χ0v) is 38.2. The van der Waals surface area contributed by atoms with Crippen molar-refractivity contribution in [2.24, 2.45) is 0 Å². The molecule has 68 heavy (non-hydrogen) atoms. The predicted octanol–water partition coefficient (Wildman–Crippen LogP) is 17.8. The van der Waals surface area contributed by atoms with Crippen LogP contribution in [0.2, 0.25) is 0 Å². The van der Waals surface area contributed by atoms with E-state index < -0.39 is 5.41 Å². The zero-order valence-electron chi connectivity index (χ0n) is 38.2. The van der Waals surface area contributed by atoms with Gasteiger partial charge in [-0.3, -0.25) is 0 Å². The molecule has 0 amide bonds. The van der Waals surface area contributed by atoms with Gasteiger partial charge >= 0.3 is 0 Å². The summed E-state index contributed by atoms with van der Waals surface area (Å²) in [6.45, 7) is 4.82. The fraction of sp³-hybridized carbons (Fsp3) is 0.0588. The highest BCUT2D eigenvalue weighted by Crippen LogP contribution is 2.64. The number of benzene rings is 11. The van der Waals surface area contributed by atoms with Crippen molar-refractivity contribution in [3.8, 4) is 77.9 Å². The predicted molar refractivity (Wildman–Crippen MR) is 286 cm³/mol. The Kier molecular flexibility index (Phi) is 9.21. The maximum absolute atomic E-state index is 2.56. The Bertz CT molecular complexity index is 3670. The summed E-state index contributed by atoms with van der Waals surface area (Å²) >= 11 is 0. The molecule has 320 valence electrons. The van der Waals surface area contributed by atoms with Gasteiger partial charge in [0, 0.05) is 5.41 Å². The van der Waals surface area contributed by atoms with Crippen molar-refractivity contribution in [2.75, 3.05) is 0 Å². The van der Waals surface area contributed by atoms with Gasteiger partial charge in [-0.25, -0.2) is 0 Å². The summed E-state index contributed by atoms with van der Waals surface area (Å²) in [7, 11) is 0. The average Bonchev–Trinajstić information content (AvgIpc) is 3.71. The minimum atomic E-state index is -0.564. The van der Waals surface area contributed by atoms with E-state index in [0.717, 1.165) is 0 Å². The molecule has 0 bridgehead atoms. The first-order chi connectivity index (χ1) is 33.5. The standard InChI is InChI=1S/C68H48/c1-67(2)60-29-15-17-31-62(60)68(63-32-18-16-30-61(63)67)64-43-51(45-33-35-48(36-34-45)54-25-11-9-23-52(54)46-19-5-3-6-20-46)41-42-58(64)66-57-28-14-13-27-56(57)59(44-65(66)68)50-39-37-49(38-40-50)55-26-12-10-24-53(55)47-21-7-4-8-22-47/h3-44H,1-2H3. The van der Waals surface area contributed by atoms with Gasteiger partial charge < -0.3 is 0 Å². The topological polar surface area (TPSA) is 0 Å². The molecular formula is C68H48. The average molecular weight is 865 g/mol. The Morgan fingerprint density at radius 1 is 0.221 bits per heavy atom. The van der Waals surface area contributed by atoms with E-state index in [1.165, 1.54) is 122 Å². The molecule has 0 nitrogen and oxygen atoms in total. The van der Waals surface area contributed by atoms with Gasteiger partial charge in [0.15, 0.2) is 0 Å². The van der Waals surface area contributed by atoms with Crippen molar-refractivity contribution < 1.29 is 0 Å². The summed E-state index contributed by atoms with van der Waals surface area (Å²) < 4.78 is 0. The van der Waals surface area contributed by atoms with Crippen molar-refractivity contribution in [3.63, 3.8) is 0 Å². The number of hydrogen-bond donors (Lipinski definition) is 0. The Morgan fingerprint density at radius 2 is 0.588 bits per heavy atom. The third kappa shape index (κ3) is 6.00. The van der Waals surface area contributed by atoms with E-state index >= 15 is 0 Å². The van der Waals surface area contributed by atoms with Crippen molar-refractivity contribution in [1.29, 1.82) is 0 Å². The lowest BCUT2D eigenvalue weighted by Gasteiger charge is -2.46.